The van der Waals surface area contributed by atoms with E-state index < -0.39 is 0 Å². The quantitative estimate of drug-likeness (QED) is 0.873. The molecule has 16 heavy (non-hydrogen) atoms. The zero-order valence-corrected chi connectivity index (χ0v) is 10.9. The molecule has 0 radical (unpaired) electrons. The molecule has 0 aliphatic carbocycles. The molecule has 3 nitrogen and oxygen atoms in total. The van der Waals surface area contributed by atoms with Crippen molar-refractivity contribution in [3.63, 3.8) is 0 Å². The van der Waals surface area contributed by atoms with E-state index in [0.717, 1.165) is 26.7 Å². The van der Waals surface area contributed by atoms with E-state index in [4.69, 9.17) is 4.74 Å². The van der Waals surface area contributed by atoms with Crippen LogP contribution in [-0.4, -0.2) is 12.1 Å². The fourth-order valence-electron chi connectivity index (χ4n) is 1.73. The van der Waals surface area contributed by atoms with Gasteiger partial charge in [0.05, 0.1) is 17.1 Å². The Labute approximate surface area is 102 Å². The van der Waals surface area contributed by atoms with Crippen LogP contribution in [0.15, 0.2) is 21.4 Å². The van der Waals surface area contributed by atoms with Crippen LogP contribution in [0.4, 0.5) is 0 Å². The van der Waals surface area contributed by atoms with Gasteiger partial charge in [-0.3, -0.25) is 4.79 Å². The molecule has 84 valence electrons. The van der Waals surface area contributed by atoms with Crippen molar-refractivity contribution in [2.75, 3.05) is 7.11 Å². The molecule has 0 aliphatic rings. The summed E-state index contributed by atoms with van der Waals surface area (Å²) in [4.78, 5) is 14.4. The van der Waals surface area contributed by atoms with Gasteiger partial charge >= 0.3 is 0 Å². The molecular weight excluding hydrogens is 270 g/mol. The number of fused-ring (bicyclic) bond motifs is 1. The summed E-state index contributed by atoms with van der Waals surface area (Å²) in [7, 11) is 1.63. The maximum atomic E-state index is 11.5. The van der Waals surface area contributed by atoms with E-state index in [0.29, 0.717) is 5.56 Å². The molecule has 2 aromatic rings. The summed E-state index contributed by atoms with van der Waals surface area (Å²) in [6.07, 6.45) is 0. The van der Waals surface area contributed by atoms with Crippen molar-refractivity contribution in [3.05, 3.63) is 38.1 Å². The number of rotatable bonds is 1. The third-order valence-electron chi connectivity index (χ3n) is 2.64. The number of aromatic nitrogens is 1. The standard InChI is InChI=1S/C12H12BrNO2/c1-6-5-9(16-3)10(13)8-4-7(2)12(15)14-11(6)8/h4-5H,1-3H3,(H,14,15). The van der Waals surface area contributed by atoms with Crippen molar-refractivity contribution in [2.24, 2.45) is 0 Å². The van der Waals surface area contributed by atoms with Crippen LogP contribution in [0.5, 0.6) is 5.75 Å². The van der Waals surface area contributed by atoms with E-state index in [1.165, 1.54) is 0 Å². The van der Waals surface area contributed by atoms with E-state index in [2.05, 4.69) is 20.9 Å². The lowest BCUT2D eigenvalue weighted by molar-refractivity contribution is 0.412. The average molecular weight is 282 g/mol. The van der Waals surface area contributed by atoms with Gasteiger partial charge < -0.3 is 9.72 Å². The lowest BCUT2D eigenvalue weighted by atomic mass is 10.1. The van der Waals surface area contributed by atoms with Gasteiger partial charge in [-0.15, -0.1) is 0 Å². The number of methoxy groups -OCH3 is 1. The highest BCUT2D eigenvalue weighted by atomic mass is 79.9. The molecule has 0 saturated carbocycles. The van der Waals surface area contributed by atoms with E-state index >= 15 is 0 Å². The fraction of sp³-hybridized carbons (Fsp3) is 0.250. The Balaban J connectivity index is 2.96. The molecule has 0 aliphatic heterocycles. The molecule has 2 rings (SSSR count). The lowest BCUT2D eigenvalue weighted by Crippen LogP contribution is -2.09. The Morgan fingerprint density at radius 2 is 1.94 bits per heavy atom. The topological polar surface area (TPSA) is 42.1 Å². The van der Waals surface area contributed by atoms with Crippen molar-refractivity contribution in [3.8, 4) is 5.75 Å². The van der Waals surface area contributed by atoms with E-state index in [1.54, 1.807) is 14.0 Å². The van der Waals surface area contributed by atoms with Crippen molar-refractivity contribution in [1.82, 2.24) is 4.98 Å². The third kappa shape index (κ3) is 1.63. The predicted octanol–water partition coefficient (Wildman–Crippen LogP) is 2.92. The molecule has 1 N–H and O–H groups in total. The summed E-state index contributed by atoms with van der Waals surface area (Å²) in [5, 5.41) is 0.967. The molecule has 0 bridgehead atoms. The molecule has 1 heterocycles. The number of pyridine rings is 1. The zero-order valence-electron chi connectivity index (χ0n) is 9.35. The first-order valence-electron chi connectivity index (χ1n) is 4.91. The number of H-pyrrole nitrogens is 1. The van der Waals surface area contributed by atoms with Crippen LogP contribution in [0.2, 0.25) is 0 Å². The first-order valence-corrected chi connectivity index (χ1v) is 5.70. The Hall–Kier alpha value is -1.29. The fourth-order valence-corrected chi connectivity index (χ4v) is 2.32. The van der Waals surface area contributed by atoms with Gasteiger partial charge in [0, 0.05) is 10.9 Å². The predicted molar refractivity (Wildman–Crippen MR) is 68.3 cm³/mol. The monoisotopic (exact) mass is 281 g/mol. The minimum atomic E-state index is -0.0485. The molecular formula is C12H12BrNO2. The number of ether oxygens (including phenoxy) is 1. The molecule has 1 aromatic heterocycles. The van der Waals surface area contributed by atoms with Crippen LogP contribution in [0.1, 0.15) is 11.1 Å². The van der Waals surface area contributed by atoms with Gasteiger partial charge in [0.15, 0.2) is 0 Å². The summed E-state index contributed by atoms with van der Waals surface area (Å²) < 4.78 is 6.14. The Kier molecular flexibility index (Phi) is 2.76. The molecule has 0 saturated heterocycles. The highest BCUT2D eigenvalue weighted by Crippen LogP contribution is 2.34. The van der Waals surface area contributed by atoms with Gasteiger partial charge in [0.2, 0.25) is 0 Å². The van der Waals surface area contributed by atoms with Gasteiger partial charge in [0.25, 0.3) is 5.56 Å². The van der Waals surface area contributed by atoms with Crippen molar-refractivity contribution in [1.29, 1.82) is 0 Å². The molecule has 0 amide bonds. The van der Waals surface area contributed by atoms with Crippen LogP contribution in [0.25, 0.3) is 10.9 Å². The molecule has 0 fully saturated rings. The number of nitrogens with one attached hydrogen (secondary N) is 1. The average Bonchev–Trinajstić information content (AvgIpc) is 2.26. The molecule has 4 heteroatoms. The Morgan fingerprint density at radius 1 is 1.25 bits per heavy atom. The first kappa shape index (κ1) is 11.2. The first-order chi connectivity index (χ1) is 7.54. The minimum absolute atomic E-state index is 0.0485. The SMILES string of the molecule is COc1cc(C)c2[nH]c(=O)c(C)cc2c1Br. The van der Waals surface area contributed by atoms with Gasteiger partial charge in [-0.2, -0.15) is 0 Å². The maximum Gasteiger partial charge on any atom is 0.251 e. The van der Waals surface area contributed by atoms with Crippen LogP contribution in [0.3, 0.4) is 0 Å². The maximum absolute atomic E-state index is 11.5. The van der Waals surface area contributed by atoms with Gasteiger partial charge in [-0.25, -0.2) is 0 Å². The lowest BCUT2D eigenvalue weighted by Gasteiger charge is -2.10. The Bertz CT molecular complexity index is 616. The number of aromatic amines is 1. The van der Waals surface area contributed by atoms with Crippen LogP contribution >= 0.6 is 15.9 Å². The van der Waals surface area contributed by atoms with E-state index in [-0.39, 0.29) is 5.56 Å². The van der Waals surface area contributed by atoms with Crippen molar-refractivity contribution < 1.29 is 4.74 Å². The van der Waals surface area contributed by atoms with Crippen molar-refractivity contribution >= 4 is 26.8 Å². The number of benzene rings is 1. The molecule has 0 unspecified atom stereocenters. The third-order valence-corrected chi connectivity index (χ3v) is 3.46. The molecule has 0 atom stereocenters. The second-order valence-corrected chi connectivity index (χ2v) is 4.57. The second kappa shape index (κ2) is 3.94. The highest BCUT2D eigenvalue weighted by Gasteiger charge is 2.10. The van der Waals surface area contributed by atoms with Gasteiger partial charge in [-0.1, -0.05) is 0 Å². The summed E-state index contributed by atoms with van der Waals surface area (Å²) in [6, 6.07) is 3.77. The summed E-state index contributed by atoms with van der Waals surface area (Å²) in [5.74, 6) is 0.774. The summed E-state index contributed by atoms with van der Waals surface area (Å²) >= 11 is 3.49. The molecule has 0 spiro atoms. The van der Waals surface area contributed by atoms with E-state index in [9.17, 15) is 4.79 Å². The normalized spacial score (nSPS) is 10.8. The zero-order chi connectivity index (χ0) is 11.9. The summed E-state index contributed by atoms with van der Waals surface area (Å²) in [6.45, 7) is 3.74. The van der Waals surface area contributed by atoms with Crippen LogP contribution < -0.4 is 10.3 Å². The number of hydrogen-bond donors (Lipinski definition) is 1. The number of aryl methyl sites for hydroxylation is 2. The Morgan fingerprint density at radius 3 is 2.56 bits per heavy atom. The van der Waals surface area contributed by atoms with E-state index in [1.807, 2.05) is 19.1 Å². The van der Waals surface area contributed by atoms with Crippen LogP contribution in [0, 0.1) is 13.8 Å². The minimum Gasteiger partial charge on any atom is -0.496 e. The van der Waals surface area contributed by atoms with Crippen LogP contribution in [-0.2, 0) is 0 Å². The largest absolute Gasteiger partial charge is 0.496 e. The van der Waals surface area contributed by atoms with Gasteiger partial charge in [0.1, 0.15) is 5.75 Å². The smallest absolute Gasteiger partial charge is 0.251 e. The molecule has 1 aromatic carbocycles. The summed E-state index contributed by atoms with van der Waals surface area (Å²) in [5.41, 5.74) is 2.49. The number of halogens is 1. The highest BCUT2D eigenvalue weighted by molar-refractivity contribution is 9.10. The van der Waals surface area contributed by atoms with Gasteiger partial charge in [-0.05, 0) is 47.5 Å². The number of hydrogen-bond acceptors (Lipinski definition) is 2. The second-order valence-electron chi connectivity index (χ2n) is 3.78. The van der Waals surface area contributed by atoms with Crippen molar-refractivity contribution in [2.45, 2.75) is 13.8 Å².